The first-order valence-corrected chi connectivity index (χ1v) is 9.45. The molecular weight excluding hydrogens is 370 g/mol. The Labute approximate surface area is 168 Å². The van der Waals surface area contributed by atoms with Crippen molar-refractivity contribution in [3.8, 4) is 17.0 Å². The number of H-pyrrole nitrogens is 1. The van der Waals surface area contributed by atoms with Crippen LogP contribution >= 0.6 is 0 Å². The van der Waals surface area contributed by atoms with Gasteiger partial charge in [-0.2, -0.15) is 0 Å². The topological polar surface area (TPSA) is 99.3 Å². The number of aromatic amines is 1. The van der Waals surface area contributed by atoms with E-state index < -0.39 is 0 Å². The van der Waals surface area contributed by atoms with Gasteiger partial charge >= 0.3 is 0 Å². The average Bonchev–Trinajstić information content (AvgIpc) is 3.23. The van der Waals surface area contributed by atoms with Crippen LogP contribution in [0.4, 0.5) is 11.9 Å². The number of nitrogens with one attached hydrogen (secondary N) is 2. The molecule has 29 heavy (non-hydrogen) atoms. The van der Waals surface area contributed by atoms with Gasteiger partial charge in [-0.3, -0.25) is 15.0 Å². The Bertz CT molecular complexity index is 935. The minimum atomic E-state index is -0.0926. The molecule has 0 bridgehead atoms. The first-order chi connectivity index (χ1) is 14.2. The predicted octanol–water partition coefficient (Wildman–Crippen LogP) is 1.64. The molecule has 9 nitrogen and oxygen atoms in total. The SMILES string of the molecule is COc1ccc(-c2cnc(NC(=O)CN3CCN(c4ncccn4)CC3)[nH]2)cc1. The summed E-state index contributed by atoms with van der Waals surface area (Å²) in [6.07, 6.45) is 5.19. The van der Waals surface area contributed by atoms with Gasteiger partial charge in [0.05, 0.1) is 25.5 Å². The van der Waals surface area contributed by atoms with Crippen LogP contribution < -0.4 is 15.0 Å². The molecule has 0 aliphatic carbocycles. The summed E-state index contributed by atoms with van der Waals surface area (Å²) >= 11 is 0. The Morgan fingerprint density at radius 2 is 1.83 bits per heavy atom. The lowest BCUT2D eigenvalue weighted by atomic mass is 10.2. The number of ether oxygens (including phenoxy) is 1. The molecule has 0 unspecified atom stereocenters. The zero-order valence-corrected chi connectivity index (χ0v) is 16.2. The Hall–Kier alpha value is -3.46. The molecule has 1 aliphatic rings. The van der Waals surface area contributed by atoms with Crippen molar-refractivity contribution < 1.29 is 9.53 Å². The number of piperazine rings is 1. The van der Waals surface area contributed by atoms with Crippen LogP contribution in [0.2, 0.25) is 0 Å². The zero-order chi connectivity index (χ0) is 20.1. The molecule has 2 N–H and O–H groups in total. The minimum Gasteiger partial charge on any atom is -0.497 e. The highest BCUT2D eigenvalue weighted by Crippen LogP contribution is 2.21. The summed E-state index contributed by atoms with van der Waals surface area (Å²) < 4.78 is 5.17. The number of methoxy groups -OCH3 is 1. The second-order valence-corrected chi connectivity index (χ2v) is 6.73. The first-order valence-electron chi connectivity index (χ1n) is 9.45. The van der Waals surface area contributed by atoms with Gasteiger partial charge in [-0.15, -0.1) is 0 Å². The Morgan fingerprint density at radius 3 is 2.52 bits per heavy atom. The van der Waals surface area contributed by atoms with Crippen molar-refractivity contribution in [2.75, 3.05) is 50.1 Å². The van der Waals surface area contributed by atoms with Gasteiger partial charge in [0.15, 0.2) is 0 Å². The third kappa shape index (κ3) is 4.69. The van der Waals surface area contributed by atoms with Gasteiger partial charge in [0.1, 0.15) is 5.75 Å². The average molecular weight is 393 g/mol. The largest absolute Gasteiger partial charge is 0.497 e. The van der Waals surface area contributed by atoms with Gasteiger partial charge in [0.25, 0.3) is 0 Å². The van der Waals surface area contributed by atoms with Crippen molar-refractivity contribution in [1.82, 2.24) is 24.8 Å². The monoisotopic (exact) mass is 393 g/mol. The van der Waals surface area contributed by atoms with Crippen LogP contribution in [0.5, 0.6) is 5.75 Å². The van der Waals surface area contributed by atoms with Gasteiger partial charge in [0.2, 0.25) is 17.8 Å². The third-order valence-corrected chi connectivity index (χ3v) is 4.81. The number of carbonyl (C=O) groups excluding carboxylic acids is 1. The fourth-order valence-electron chi connectivity index (χ4n) is 3.24. The molecule has 9 heteroatoms. The molecule has 0 saturated carbocycles. The highest BCUT2D eigenvalue weighted by Gasteiger charge is 2.20. The number of hydrogen-bond acceptors (Lipinski definition) is 7. The second kappa shape index (κ2) is 8.70. The van der Waals surface area contributed by atoms with Crippen molar-refractivity contribution >= 4 is 17.8 Å². The van der Waals surface area contributed by atoms with Gasteiger partial charge in [0, 0.05) is 38.6 Å². The van der Waals surface area contributed by atoms with E-state index in [9.17, 15) is 4.79 Å². The fourth-order valence-corrected chi connectivity index (χ4v) is 3.24. The molecule has 2 aromatic heterocycles. The molecule has 0 radical (unpaired) electrons. The van der Waals surface area contributed by atoms with E-state index in [0.29, 0.717) is 12.5 Å². The molecule has 1 amide bonds. The van der Waals surface area contributed by atoms with Crippen molar-refractivity contribution in [3.63, 3.8) is 0 Å². The molecule has 1 aromatic carbocycles. The number of anilines is 2. The zero-order valence-electron chi connectivity index (χ0n) is 16.2. The van der Waals surface area contributed by atoms with E-state index in [2.05, 4.69) is 35.1 Å². The number of amides is 1. The smallest absolute Gasteiger partial charge is 0.240 e. The lowest BCUT2D eigenvalue weighted by molar-refractivity contribution is -0.117. The highest BCUT2D eigenvalue weighted by atomic mass is 16.5. The molecule has 1 aliphatic heterocycles. The van der Waals surface area contributed by atoms with Gasteiger partial charge in [-0.1, -0.05) is 0 Å². The van der Waals surface area contributed by atoms with Crippen molar-refractivity contribution in [2.45, 2.75) is 0 Å². The number of nitrogens with zero attached hydrogens (tertiary/aromatic N) is 5. The summed E-state index contributed by atoms with van der Waals surface area (Å²) in [5, 5.41) is 2.83. The van der Waals surface area contributed by atoms with Crippen molar-refractivity contribution in [3.05, 3.63) is 48.9 Å². The molecular formula is C20H23N7O2. The molecule has 3 aromatic rings. The van der Waals surface area contributed by atoms with E-state index in [0.717, 1.165) is 49.1 Å². The minimum absolute atomic E-state index is 0.0926. The number of aromatic nitrogens is 4. The van der Waals surface area contributed by atoms with E-state index in [1.165, 1.54) is 0 Å². The maximum atomic E-state index is 12.4. The molecule has 4 rings (SSSR count). The quantitative estimate of drug-likeness (QED) is 0.657. The van der Waals surface area contributed by atoms with E-state index in [-0.39, 0.29) is 5.91 Å². The third-order valence-electron chi connectivity index (χ3n) is 4.81. The maximum absolute atomic E-state index is 12.4. The van der Waals surface area contributed by atoms with Gasteiger partial charge < -0.3 is 14.6 Å². The second-order valence-electron chi connectivity index (χ2n) is 6.73. The molecule has 150 valence electrons. The summed E-state index contributed by atoms with van der Waals surface area (Å²) in [6, 6.07) is 9.45. The van der Waals surface area contributed by atoms with Crippen LogP contribution in [0, 0.1) is 0 Å². The lowest BCUT2D eigenvalue weighted by Gasteiger charge is -2.34. The van der Waals surface area contributed by atoms with Crippen LogP contribution in [0.25, 0.3) is 11.3 Å². The predicted molar refractivity (Wildman–Crippen MR) is 110 cm³/mol. The molecule has 3 heterocycles. The molecule has 1 saturated heterocycles. The van der Waals surface area contributed by atoms with Crippen LogP contribution in [0.1, 0.15) is 0 Å². The molecule has 0 atom stereocenters. The first kappa shape index (κ1) is 18.9. The lowest BCUT2D eigenvalue weighted by Crippen LogP contribution is -2.49. The normalized spacial score (nSPS) is 14.6. The van der Waals surface area contributed by atoms with Gasteiger partial charge in [-0.05, 0) is 35.9 Å². The van der Waals surface area contributed by atoms with E-state index in [1.54, 1.807) is 31.8 Å². The summed E-state index contributed by atoms with van der Waals surface area (Å²) in [4.78, 5) is 32.6. The Morgan fingerprint density at radius 1 is 1.10 bits per heavy atom. The van der Waals surface area contributed by atoms with Crippen molar-refractivity contribution in [2.24, 2.45) is 0 Å². The molecule has 0 spiro atoms. The Balaban J connectivity index is 1.27. The number of benzene rings is 1. The maximum Gasteiger partial charge on any atom is 0.240 e. The fraction of sp³-hybridized carbons (Fsp3) is 0.300. The van der Waals surface area contributed by atoms with E-state index in [1.807, 2.05) is 24.3 Å². The summed E-state index contributed by atoms with van der Waals surface area (Å²) in [6.45, 7) is 3.46. The van der Waals surface area contributed by atoms with E-state index >= 15 is 0 Å². The summed E-state index contributed by atoms with van der Waals surface area (Å²) in [5.74, 6) is 1.88. The summed E-state index contributed by atoms with van der Waals surface area (Å²) in [5.41, 5.74) is 1.80. The van der Waals surface area contributed by atoms with Crippen LogP contribution in [0.3, 0.4) is 0 Å². The van der Waals surface area contributed by atoms with Crippen LogP contribution in [-0.2, 0) is 4.79 Å². The summed E-state index contributed by atoms with van der Waals surface area (Å²) in [7, 11) is 1.63. The molecule has 1 fully saturated rings. The van der Waals surface area contributed by atoms with E-state index in [4.69, 9.17) is 4.74 Å². The van der Waals surface area contributed by atoms with Gasteiger partial charge in [-0.25, -0.2) is 15.0 Å². The number of imidazole rings is 1. The van der Waals surface area contributed by atoms with Crippen LogP contribution in [-0.4, -0.2) is 70.6 Å². The number of rotatable bonds is 6. The number of hydrogen-bond donors (Lipinski definition) is 2. The number of carbonyl (C=O) groups is 1. The van der Waals surface area contributed by atoms with Crippen molar-refractivity contribution in [1.29, 1.82) is 0 Å². The Kier molecular flexibility index (Phi) is 5.66. The highest BCUT2D eigenvalue weighted by molar-refractivity contribution is 5.90. The van der Waals surface area contributed by atoms with Crippen LogP contribution in [0.15, 0.2) is 48.9 Å². The standard InChI is InChI=1S/C20H23N7O2/c1-29-16-5-3-15(4-6-16)17-13-23-19(24-17)25-18(28)14-26-9-11-27(12-10-26)20-21-7-2-8-22-20/h2-8,13H,9-12,14H2,1H3,(H2,23,24,25,28).